The predicted octanol–water partition coefficient (Wildman–Crippen LogP) is 3.99. The fourth-order valence-corrected chi connectivity index (χ4v) is 3.11. The number of alkyl halides is 3. The first-order chi connectivity index (χ1) is 15.6. The van der Waals surface area contributed by atoms with Crippen molar-refractivity contribution < 1.29 is 33.4 Å². The van der Waals surface area contributed by atoms with Crippen LogP contribution in [0.3, 0.4) is 0 Å². The summed E-state index contributed by atoms with van der Waals surface area (Å²) in [5.74, 6) is -2.28. The molecule has 1 aliphatic rings. The van der Waals surface area contributed by atoms with Crippen LogP contribution in [-0.2, 0) is 23.8 Å². The highest BCUT2D eigenvalue weighted by Gasteiger charge is 2.43. The van der Waals surface area contributed by atoms with Crippen LogP contribution in [0.15, 0.2) is 60.7 Å². The molecule has 8 nitrogen and oxygen atoms in total. The van der Waals surface area contributed by atoms with E-state index in [0.717, 1.165) is 0 Å². The summed E-state index contributed by atoms with van der Waals surface area (Å²) < 4.78 is 14.6. The summed E-state index contributed by atoms with van der Waals surface area (Å²) in [6, 6.07) is 16.7. The number of ether oxygens (including phenoxy) is 3. The molecule has 0 bridgehead atoms. The van der Waals surface area contributed by atoms with Crippen LogP contribution >= 0.6 is 34.8 Å². The monoisotopic (exact) mass is 515 g/mol. The van der Waals surface area contributed by atoms with E-state index in [4.69, 9.17) is 53.9 Å². The number of carbonyl (C=O) groups excluding carboxylic acids is 3. The smallest absolute Gasteiger partial charge is 0.338 e. The number of esters is 2. The molecule has 1 heterocycles. The van der Waals surface area contributed by atoms with Crippen LogP contribution in [0.2, 0.25) is 0 Å². The summed E-state index contributed by atoms with van der Waals surface area (Å²) in [6.45, 7) is 1.64. The minimum atomic E-state index is -2.27. The third-order valence-corrected chi connectivity index (χ3v) is 5.22. The molecule has 2 aromatic rings. The first-order valence-electron chi connectivity index (χ1n) is 9.85. The number of carbonyl (C=O) groups is 3. The number of rotatable bonds is 6. The number of benzene rings is 2. The van der Waals surface area contributed by atoms with Gasteiger partial charge in [0, 0.05) is 6.42 Å². The first kappa shape index (κ1) is 25.3. The Hall–Kier alpha value is -2.36. The van der Waals surface area contributed by atoms with Crippen LogP contribution in [0, 0.1) is 0 Å². The molecule has 3 rings (SSSR count). The highest BCUT2D eigenvalue weighted by molar-refractivity contribution is 6.76. The second-order valence-electron chi connectivity index (χ2n) is 7.11. The van der Waals surface area contributed by atoms with Gasteiger partial charge in [-0.05, 0) is 31.2 Å². The number of hydroxylamine groups is 1. The molecule has 11 heteroatoms. The van der Waals surface area contributed by atoms with Crippen LogP contribution in [-0.4, -0.2) is 46.2 Å². The Morgan fingerprint density at radius 2 is 1.36 bits per heavy atom. The summed E-state index contributed by atoms with van der Waals surface area (Å²) >= 11 is 16.6. The van der Waals surface area contributed by atoms with Crippen molar-refractivity contribution in [1.82, 2.24) is 5.48 Å². The van der Waals surface area contributed by atoms with Crippen molar-refractivity contribution in [2.75, 3.05) is 0 Å². The lowest BCUT2D eigenvalue weighted by atomic mass is 10.0. The SMILES string of the molecule is CC1OC(ONC(=O)C(Cl)(Cl)Cl)C(OC(=O)c2ccccc2)CC1OC(=O)c1ccccc1. The molecule has 0 aromatic heterocycles. The van der Waals surface area contributed by atoms with Crippen molar-refractivity contribution in [2.24, 2.45) is 0 Å². The topological polar surface area (TPSA) is 100 Å². The molecule has 176 valence electrons. The van der Waals surface area contributed by atoms with Crippen molar-refractivity contribution in [2.45, 2.75) is 41.7 Å². The Labute approximate surface area is 204 Å². The fraction of sp³-hybridized carbons (Fsp3) is 0.318. The zero-order valence-corrected chi connectivity index (χ0v) is 19.5. The Balaban J connectivity index is 1.73. The summed E-state index contributed by atoms with van der Waals surface area (Å²) in [7, 11) is 0. The Bertz CT molecular complexity index is 969. The van der Waals surface area contributed by atoms with Gasteiger partial charge >= 0.3 is 11.9 Å². The second kappa shape index (κ2) is 11.2. The Morgan fingerprint density at radius 3 is 1.85 bits per heavy atom. The normalized spacial score (nSPS) is 22.8. The van der Waals surface area contributed by atoms with Crippen molar-refractivity contribution in [3.8, 4) is 0 Å². The van der Waals surface area contributed by atoms with E-state index in [1.165, 1.54) is 0 Å². The minimum Gasteiger partial charge on any atom is -0.456 e. The number of nitrogens with one attached hydrogen (secondary N) is 1. The van der Waals surface area contributed by atoms with Gasteiger partial charge in [0.1, 0.15) is 6.10 Å². The molecule has 1 N–H and O–H groups in total. The molecule has 2 aromatic carbocycles. The second-order valence-corrected chi connectivity index (χ2v) is 9.39. The van der Waals surface area contributed by atoms with Gasteiger partial charge in [0.15, 0.2) is 6.10 Å². The molecule has 0 spiro atoms. The van der Waals surface area contributed by atoms with E-state index < -0.39 is 46.2 Å². The van der Waals surface area contributed by atoms with E-state index in [2.05, 4.69) is 0 Å². The zero-order valence-electron chi connectivity index (χ0n) is 17.3. The average Bonchev–Trinajstić information content (AvgIpc) is 2.80. The molecule has 1 fully saturated rings. The first-order valence-corrected chi connectivity index (χ1v) is 11.0. The lowest BCUT2D eigenvalue weighted by Gasteiger charge is -2.38. The molecule has 4 atom stereocenters. The van der Waals surface area contributed by atoms with E-state index in [1.807, 2.05) is 5.48 Å². The molecular weight excluding hydrogens is 497 g/mol. The number of hydrogen-bond donors (Lipinski definition) is 1. The van der Waals surface area contributed by atoms with E-state index >= 15 is 0 Å². The third kappa shape index (κ3) is 7.06. The van der Waals surface area contributed by atoms with Gasteiger partial charge in [0.2, 0.25) is 6.29 Å². The Morgan fingerprint density at radius 1 is 0.879 bits per heavy atom. The van der Waals surface area contributed by atoms with Crippen molar-refractivity contribution in [3.05, 3.63) is 71.8 Å². The molecule has 4 unspecified atom stereocenters. The van der Waals surface area contributed by atoms with Crippen LogP contribution in [0.4, 0.5) is 0 Å². The van der Waals surface area contributed by atoms with Gasteiger partial charge in [-0.15, -0.1) is 0 Å². The van der Waals surface area contributed by atoms with Crippen molar-refractivity contribution >= 4 is 52.6 Å². The molecule has 1 saturated heterocycles. The molecule has 0 radical (unpaired) electrons. The van der Waals surface area contributed by atoms with Gasteiger partial charge in [0.25, 0.3) is 9.70 Å². The van der Waals surface area contributed by atoms with Crippen LogP contribution in [0.1, 0.15) is 34.1 Å². The van der Waals surface area contributed by atoms with E-state index in [1.54, 1.807) is 67.6 Å². The quantitative estimate of drug-likeness (QED) is 0.352. The van der Waals surface area contributed by atoms with Gasteiger partial charge in [-0.25, -0.2) is 19.9 Å². The highest BCUT2D eigenvalue weighted by atomic mass is 35.6. The summed E-state index contributed by atoms with van der Waals surface area (Å²) in [5.41, 5.74) is 2.63. The zero-order chi connectivity index (χ0) is 24.0. The molecule has 0 aliphatic carbocycles. The van der Waals surface area contributed by atoms with Gasteiger partial charge in [0.05, 0.1) is 17.2 Å². The van der Waals surface area contributed by atoms with Crippen molar-refractivity contribution in [1.29, 1.82) is 0 Å². The van der Waals surface area contributed by atoms with Gasteiger partial charge in [-0.3, -0.25) is 4.79 Å². The number of amides is 1. The van der Waals surface area contributed by atoms with E-state index in [0.29, 0.717) is 5.56 Å². The van der Waals surface area contributed by atoms with Crippen LogP contribution < -0.4 is 5.48 Å². The maximum absolute atomic E-state index is 12.6. The molecule has 1 aliphatic heterocycles. The lowest BCUT2D eigenvalue weighted by Crippen LogP contribution is -2.53. The predicted molar refractivity (Wildman–Crippen MR) is 120 cm³/mol. The van der Waals surface area contributed by atoms with Crippen LogP contribution in [0.25, 0.3) is 0 Å². The van der Waals surface area contributed by atoms with Gasteiger partial charge in [-0.1, -0.05) is 71.2 Å². The highest BCUT2D eigenvalue weighted by Crippen LogP contribution is 2.29. The molecular formula is C22H20Cl3NO7. The molecule has 0 saturated carbocycles. The third-order valence-electron chi connectivity index (χ3n) is 4.70. The standard InChI is InChI=1S/C22H20Cl3NO7/c1-13-16(31-18(27)14-8-4-2-5-9-14)12-17(32-19(28)15-10-6-3-7-11-15)20(30-13)33-26-21(29)22(23,24)25/h2-11,13,16-17,20H,12H2,1H3,(H,26,29). The Kier molecular flexibility index (Phi) is 8.56. The maximum Gasteiger partial charge on any atom is 0.338 e. The van der Waals surface area contributed by atoms with Gasteiger partial charge in [-0.2, -0.15) is 0 Å². The summed E-state index contributed by atoms with van der Waals surface area (Å²) in [4.78, 5) is 42.2. The van der Waals surface area contributed by atoms with E-state index in [9.17, 15) is 14.4 Å². The number of hydrogen-bond acceptors (Lipinski definition) is 7. The summed E-state index contributed by atoms with van der Waals surface area (Å²) in [5, 5.41) is 0. The van der Waals surface area contributed by atoms with Gasteiger partial charge < -0.3 is 14.2 Å². The molecule has 33 heavy (non-hydrogen) atoms. The largest absolute Gasteiger partial charge is 0.456 e. The number of halogens is 3. The molecule has 1 amide bonds. The summed E-state index contributed by atoms with van der Waals surface area (Å²) in [6.07, 6.45) is -3.71. The van der Waals surface area contributed by atoms with E-state index in [-0.39, 0.29) is 12.0 Å². The lowest BCUT2D eigenvalue weighted by molar-refractivity contribution is -0.276. The minimum absolute atomic E-state index is 0.0343. The van der Waals surface area contributed by atoms with Crippen LogP contribution in [0.5, 0.6) is 0 Å². The fourth-order valence-electron chi connectivity index (χ4n) is 3.00. The van der Waals surface area contributed by atoms with Crippen molar-refractivity contribution in [3.63, 3.8) is 0 Å². The maximum atomic E-state index is 12.6. The average molecular weight is 517 g/mol.